The molecule has 3 heterocycles. The van der Waals surface area contributed by atoms with Crippen molar-refractivity contribution in [1.82, 2.24) is 19.9 Å². The fourth-order valence-electron chi connectivity index (χ4n) is 4.65. The second-order valence-corrected chi connectivity index (χ2v) is 8.53. The van der Waals surface area contributed by atoms with Crippen molar-refractivity contribution in [2.45, 2.75) is 25.9 Å². The number of pyridine rings is 1. The van der Waals surface area contributed by atoms with Crippen LogP contribution in [0.1, 0.15) is 38.9 Å². The molecule has 9 heteroatoms. The highest BCUT2D eigenvalue weighted by Gasteiger charge is 2.37. The van der Waals surface area contributed by atoms with Crippen LogP contribution >= 0.6 is 0 Å². The summed E-state index contributed by atoms with van der Waals surface area (Å²) < 4.78 is 34.4. The van der Waals surface area contributed by atoms with E-state index in [9.17, 15) is 13.6 Å². The number of anilines is 1. The van der Waals surface area contributed by atoms with Crippen molar-refractivity contribution in [3.63, 3.8) is 0 Å². The Kier molecular flexibility index (Phi) is 6.05. The van der Waals surface area contributed by atoms with Crippen molar-refractivity contribution in [3.8, 4) is 17.1 Å². The SMILES string of the molecule is COc1cccc(-c2cc(F)ccc2[C@H]2Cc3nc(N)nc(C)c3C(=O)N2Cc2ccccc2F)n1. The number of hydrogen-bond donors (Lipinski definition) is 1. The number of hydrogen-bond acceptors (Lipinski definition) is 6. The van der Waals surface area contributed by atoms with Crippen molar-refractivity contribution in [2.75, 3.05) is 12.8 Å². The van der Waals surface area contributed by atoms with Gasteiger partial charge in [0.25, 0.3) is 5.91 Å². The standard InChI is InChI=1S/C27H23F2N5O2/c1-15-25-22(33-27(30)31-15)13-23(34(26(25)35)14-16-6-3-4-7-20(16)29)18-11-10-17(28)12-19(18)21-8-5-9-24(32-21)36-2/h3-12,23H,13-14H2,1-2H3,(H2,30,31,33)/t23-/m1/s1. The Morgan fingerprint density at radius 2 is 1.86 bits per heavy atom. The van der Waals surface area contributed by atoms with Crippen LogP contribution < -0.4 is 10.5 Å². The number of rotatable bonds is 5. The van der Waals surface area contributed by atoms with E-state index in [4.69, 9.17) is 10.5 Å². The van der Waals surface area contributed by atoms with Crippen molar-refractivity contribution < 1.29 is 18.3 Å². The average Bonchev–Trinajstić information content (AvgIpc) is 2.86. The number of nitrogens with two attached hydrogens (primary N) is 1. The van der Waals surface area contributed by atoms with Gasteiger partial charge in [-0.15, -0.1) is 0 Å². The van der Waals surface area contributed by atoms with Crippen molar-refractivity contribution >= 4 is 11.9 Å². The van der Waals surface area contributed by atoms with Crippen LogP contribution in [-0.4, -0.2) is 32.9 Å². The molecule has 0 unspecified atom stereocenters. The summed E-state index contributed by atoms with van der Waals surface area (Å²) in [6.07, 6.45) is 0.283. The maximum atomic E-state index is 14.7. The molecular formula is C27H23F2N5O2. The molecule has 1 atom stereocenters. The van der Waals surface area contributed by atoms with Crippen LogP contribution in [0.15, 0.2) is 60.7 Å². The summed E-state index contributed by atoms with van der Waals surface area (Å²) in [4.78, 5) is 28.4. The highest BCUT2D eigenvalue weighted by Crippen LogP contribution is 2.39. The summed E-state index contributed by atoms with van der Waals surface area (Å²) >= 11 is 0. The van der Waals surface area contributed by atoms with Gasteiger partial charge in [-0.25, -0.2) is 23.7 Å². The Balaban J connectivity index is 1.69. The maximum Gasteiger partial charge on any atom is 0.258 e. The molecule has 1 amide bonds. The largest absolute Gasteiger partial charge is 0.481 e. The van der Waals surface area contributed by atoms with E-state index >= 15 is 0 Å². The lowest BCUT2D eigenvalue weighted by Crippen LogP contribution is -2.41. The first-order valence-electron chi connectivity index (χ1n) is 11.3. The van der Waals surface area contributed by atoms with Gasteiger partial charge in [0, 0.05) is 30.2 Å². The molecule has 2 aromatic carbocycles. The molecule has 2 N–H and O–H groups in total. The van der Waals surface area contributed by atoms with E-state index in [2.05, 4.69) is 15.0 Å². The van der Waals surface area contributed by atoms with Crippen LogP contribution in [-0.2, 0) is 13.0 Å². The number of amides is 1. The lowest BCUT2D eigenvalue weighted by atomic mass is 9.88. The van der Waals surface area contributed by atoms with Crippen LogP contribution in [0, 0.1) is 18.6 Å². The molecule has 5 rings (SSSR count). The summed E-state index contributed by atoms with van der Waals surface area (Å²) in [5.41, 5.74) is 9.16. The number of nitrogens with zero attached hydrogens (tertiary/aromatic N) is 4. The number of fused-ring (bicyclic) bond motifs is 1. The Hall–Kier alpha value is -4.40. The Morgan fingerprint density at radius 3 is 2.64 bits per heavy atom. The van der Waals surface area contributed by atoms with E-state index in [0.29, 0.717) is 45.2 Å². The van der Waals surface area contributed by atoms with Crippen LogP contribution in [0.25, 0.3) is 11.3 Å². The molecule has 36 heavy (non-hydrogen) atoms. The topological polar surface area (TPSA) is 94.2 Å². The zero-order valence-corrected chi connectivity index (χ0v) is 19.7. The number of ether oxygens (including phenoxy) is 1. The van der Waals surface area contributed by atoms with Gasteiger partial charge >= 0.3 is 0 Å². The maximum absolute atomic E-state index is 14.7. The fraction of sp³-hybridized carbons (Fsp3) is 0.185. The number of halogens is 2. The molecule has 0 aliphatic carbocycles. The highest BCUT2D eigenvalue weighted by atomic mass is 19.1. The minimum Gasteiger partial charge on any atom is -0.481 e. The van der Waals surface area contributed by atoms with Gasteiger partial charge in [0.05, 0.1) is 35.8 Å². The van der Waals surface area contributed by atoms with E-state index < -0.39 is 17.7 Å². The number of nitrogen functional groups attached to an aromatic ring is 1. The van der Waals surface area contributed by atoms with E-state index in [0.717, 1.165) is 0 Å². The third kappa shape index (κ3) is 4.24. The number of methoxy groups -OCH3 is 1. The molecule has 1 aliphatic heterocycles. The number of carbonyl (C=O) groups excluding carboxylic acids is 1. The summed E-state index contributed by atoms with van der Waals surface area (Å²) in [5, 5.41) is 0. The number of carbonyl (C=O) groups is 1. The van der Waals surface area contributed by atoms with Gasteiger partial charge < -0.3 is 15.4 Å². The van der Waals surface area contributed by atoms with E-state index in [1.807, 2.05) is 0 Å². The Morgan fingerprint density at radius 1 is 1.06 bits per heavy atom. The van der Waals surface area contributed by atoms with Gasteiger partial charge in [0.15, 0.2) is 0 Å². The smallest absolute Gasteiger partial charge is 0.258 e. The van der Waals surface area contributed by atoms with Gasteiger partial charge in [-0.1, -0.05) is 30.3 Å². The van der Waals surface area contributed by atoms with Gasteiger partial charge in [0.2, 0.25) is 11.8 Å². The summed E-state index contributed by atoms with van der Waals surface area (Å²) in [5.74, 6) is -0.796. The predicted octanol–water partition coefficient (Wildman–Crippen LogP) is 4.66. The van der Waals surface area contributed by atoms with Crippen molar-refractivity contribution in [3.05, 3.63) is 100 Å². The van der Waals surface area contributed by atoms with Gasteiger partial charge in [-0.2, -0.15) is 0 Å². The molecule has 0 saturated heterocycles. The molecule has 0 saturated carbocycles. The van der Waals surface area contributed by atoms with Crippen molar-refractivity contribution in [1.29, 1.82) is 0 Å². The minimum atomic E-state index is -0.595. The summed E-state index contributed by atoms with van der Waals surface area (Å²) in [6, 6.07) is 15.2. The zero-order valence-electron chi connectivity index (χ0n) is 19.7. The molecule has 2 aromatic heterocycles. The van der Waals surface area contributed by atoms with Crippen LogP contribution in [0.5, 0.6) is 5.88 Å². The van der Waals surface area contributed by atoms with Gasteiger partial charge in [-0.05, 0) is 36.8 Å². The van der Waals surface area contributed by atoms with E-state index in [-0.39, 0.29) is 24.8 Å². The monoisotopic (exact) mass is 487 g/mol. The molecule has 0 bridgehead atoms. The predicted molar refractivity (Wildman–Crippen MR) is 130 cm³/mol. The normalized spacial score (nSPS) is 15.1. The first-order chi connectivity index (χ1) is 17.4. The fourth-order valence-corrected chi connectivity index (χ4v) is 4.65. The summed E-state index contributed by atoms with van der Waals surface area (Å²) in [7, 11) is 1.50. The van der Waals surface area contributed by atoms with Gasteiger partial charge in [0.1, 0.15) is 11.6 Å². The van der Waals surface area contributed by atoms with E-state index in [1.54, 1.807) is 54.3 Å². The van der Waals surface area contributed by atoms with Crippen LogP contribution in [0.2, 0.25) is 0 Å². The highest BCUT2D eigenvalue weighted by molar-refractivity contribution is 5.98. The third-order valence-corrected chi connectivity index (χ3v) is 6.30. The molecule has 7 nitrogen and oxygen atoms in total. The third-order valence-electron chi connectivity index (χ3n) is 6.30. The van der Waals surface area contributed by atoms with Crippen molar-refractivity contribution in [2.24, 2.45) is 0 Å². The molecule has 0 spiro atoms. The molecule has 182 valence electrons. The van der Waals surface area contributed by atoms with Gasteiger partial charge in [-0.3, -0.25) is 4.79 Å². The molecular weight excluding hydrogens is 464 g/mol. The molecule has 0 fully saturated rings. The Labute approximate surface area is 206 Å². The lowest BCUT2D eigenvalue weighted by Gasteiger charge is -2.38. The van der Waals surface area contributed by atoms with Crippen LogP contribution in [0.3, 0.4) is 0 Å². The average molecular weight is 488 g/mol. The minimum absolute atomic E-state index is 0.00177. The Bertz CT molecular complexity index is 1480. The summed E-state index contributed by atoms with van der Waals surface area (Å²) in [6.45, 7) is 1.70. The van der Waals surface area contributed by atoms with E-state index in [1.165, 1.54) is 25.3 Å². The zero-order chi connectivity index (χ0) is 25.4. The second kappa shape index (κ2) is 9.33. The first kappa shape index (κ1) is 23.3. The van der Waals surface area contributed by atoms with Crippen LogP contribution in [0.4, 0.5) is 14.7 Å². The number of benzene rings is 2. The second-order valence-electron chi connectivity index (χ2n) is 8.53. The quantitative estimate of drug-likeness (QED) is 0.440. The first-order valence-corrected chi connectivity index (χ1v) is 11.3. The number of aryl methyl sites for hydroxylation is 1. The molecule has 4 aromatic rings. The lowest BCUT2D eigenvalue weighted by molar-refractivity contribution is 0.0622. The molecule has 0 radical (unpaired) electrons. The molecule has 1 aliphatic rings. The number of aromatic nitrogens is 3.